The molecule has 3 N–H and O–H groups in total. The summed E-state index contributed by atoms with van der Waals surface area (Å²) in [5.74, 6) is 0.870. The van der Waals surface area contributed by atoms with Crippen molar-refractivity contribution in [2.75, 3.05) is 25.5 Å². The number of anilines is 1. The van der Waals surface area contributed by atoms with Gasteiger partial charge in [0.2, 0.25) is 6.30 Å². The van der Waals surface area contributed by atoms with Crippen LogP contribution in [0.2, 0.25) is 0 Å². The summed E-state index contributed by atoms with van der Waals surface area (Å²) in [7, 11) is 1.73. The van der Waals surface area contributed by atoms with E-state index in [0.717, 1.165) is 53.8 Å². The van der Waals surface area contributed by atoms with Crippen LogP contribution in [0.4, 0.5) is 10.2 Å². The zero-order valence-electron chi connectivity index (χ0n) is 20.2. The fraction of sp³-hybridized carbons (Fsp3) is 0.538. The third-order valence-corrected chi connectivity index (χ3v) is 7.23. The number of nitrogens with zero attached hydrogens (tertiary/aromatic N) is 3. The summed E-state index contributed by atoms with van der Waals surface area (Å²) in [4.78, 5) is 11.7. The largest absolute Gasteiger partial charge is 0.387 e. The Kier molecular flexibility index (Phi) is 6.70. The monoisotopic (exact) mass is 466 g/mol. The van der Waals surface area contributed by atoms with Crippen molar-refractivity contribution in [1.82, 2.24) is 25.5 Å². The molecule has 0 amide bonds. The maximum absolute atomic E-state index is 14.0. The zero-order chi connectivity index (χ0) is 23.7. The summed E-state index contributed by atoms with van der Waals surface area (Å²) in [5.41, 5.74) is 3.33. The third kappa shape index (κ3) is 4.88. The van der Waals surface area contributed by atoms with Crippen molar-refractivity contribution >= 4 is 22.3 Å². The molecule has 2 aromatic rings. The van der Waals surface area contributed by atoms with E-state index in [1.807, 2.05) is 18.2 Å². The van der Waals surface area contributed by atoms with Gasteiger partial charge in [-0.3, -0.25) is 4.90 Å². The lowest BCUT2D eigenvalue weighted by atomic mass is 9.89. The fourth-order valence-corrected chi connectivity index (χ4v) is 5.55. The second-order valence-electron chi connectivity index (χ2n) is 9.79. The lowest BCUT2D eigenvalue weighted by Crippen LogP contribution is -2.51. The first-order chi connectivity index (χ1) is 16.5. The van der Waals surface area contributed by atoms with Gasteiger partial charge < -0.3 is 20.7 Å². The highest BCUT2D eigenvalue weighted by Crippen LogP contribution is 2.31. The molecule has 1 aromatic heterocycles. The Morgan fingerprint density at radius 3 is 2.59 bits per heavy atom. The van der Waals surface area contributed by atoms with E-state index in [9.17, 15) is 4.39 Å². The first-order valence-electron chi connectivity index (χ1n) is 12.4. The van der Waals surface area contributed by atoms with Crippen molar-refractivity contribution in [2.45, 2.75) is 70.1 Å². The van der Waals surface area contributed by atoms with Gasteiger partial charge in [0.1, 0.15) is 12.1 Å². The van der Waals surface area contributed by atoms with Crippen LogP contribution in [0.3, 0.4) is 0 Å². The molecule has 3 aliphatic rings. The van der Waals surface area contributed by atoms with E-state index in [4.69, 9.17) is 4.74 Å². The van der Waals surface area contributed by atoms with Gasteiger partial charge >= 0.3 is 0 Å². The highest BCUT2D eigenvalue weighted by molar-refractivity contribution is 5.92. The molecule has 1 unspecified atom stereocenters. The van der Waals surface area contributed by atoms with Gasteiger partial charge in [0.25, 0.3) is 0 Å². The Balaban J connectivity index is 1.29. The summed E-state index contributed by atoms with van der Waals surface area (Å²) in [5, 5.41) is 10.4. The molecule has 7 nitrogen and oxygen atoms in total. The van der Waals surface area contributed by atoms with Gasteiger partial charge in [-0.15, -0.1) is 0 Å². The Morgan fingerprint density at radius 1 is 1.09 bits per heavy atom. The first-order valence-corrected chi connectivity index (χ1v) is 12.4. The van der Waals surface area contributed by atoms with Crippen molar-refractivity contribution in [1.29, 1.82) is 0 Å². The number of dihydropyridines is 1. The van der Waals surface area contributed by atoms with Crippen LogP contribution in [0.5, 0.6) is 0 Å². The Bertz CT molecular complexity index is 1070. The molecule has 1 aromatic carbocycles. The molecule has 182 valence electrons. The van der Waals surface area contributed by atoms with Crippen LogP contribution < -0.4 is 16.0 Å². The molecule has 2 fully saturated rings. The normalized spacial score (nSPS) is 30.3. The number of rotatable bonds is 5. The molecule has 1 saturated carbocycles. The maximum Gasteiger partial charge on any atom is 0.210 e. The van der Waals surface area contributed by atoms with Crippen molar-refractivity contribution in [3.63, 3.8) is 0 Å². The number of ether oxygens (including phenoxy) is 1. The zero-order valence-corrected chi connectivity index (χ0v) is 20.2. The van der Waals surface area contributed by atoms with Gasteiger partial charge in [0, 0.05) is 43.8 Å². The summed E-state index contributed by atoms with van der Waals surface area (Å²) in [6, 6.07) is 7.15. The first kappa shape index (κ1) is 23.1. The van der Waals surface area contributed by atoms with Crippen LogP contribution in [-0.4, -0.2) is 65.6 Å². The highest BCUT2D eigenvalue weighted by atomic mass is 19.1. The molecule has 2 aliphatic heterocycles. The van der Waals surface area contributed by atoms with Crippen LogP contribution in [0.25, 0.3) is 16.5 Å². The molecule has 0 spiro atoms. The van der Waals surface area contributed by atoms with E-state index in [1.165, 1.54) is 12.8 Å². The van der Waals surface area contributed by atoms with Gasteiger partial charge in [0.15, 0.2) is 0 Å². The standard InChI is InChI=1S/C26H35FN6O/c1-16-13-33(14-17(2)34-16)21-7-5-20(6-8-21)32-26-22-10-18(4-9-23(22)30-15-31-26)19-11-24(28-3)25(27)29-12-19/h4,9-12,15-17,20-21,25,28-29H,5-8,13-14H2,1-3H3,(H,30,31,32)/t16-,17+,20?,21?,25?. The molecular weight excluding hydrogens is 431 g/mol. The lowest BCUT2D eigenvalue weighted by molar-refractivity contribution is -0.0842. The van der Waals surface area contributed by atoms with E-state index in [2.05, 4.69) is 50.7 Å². The van der Waals surface area contributed by atoms with Crippen molar-refractivity contribution in [3.8, 4) is 0 Å². The quantitative estimate of drug-likeness (QED) is 0.579. The summed E-state index contributed by atoms with van der Waals surface area (Å²) >= 11 is 0. The van der Waals surface area contributed by atoms with Crippen molar-refractivity contribution < 1.29 is 9.13 Å². The number of nitrogens with one attached hydrogen (secondary N) is 3. The molecule has 1 saturated heterocycles. The number of alkyl halides is 1. The summed E-state index contributed by atoms with van der Waals surface area (Å²) in [6.07, 6.45) is 9.21. The van der Waals surface area contributed by atoms with Crippen molar-refractivity contribution in [3.05, 3.63) is 48.1 Å². The van der Waals surface area contributed by atoms with E-state index in [-0.39, 0.29) is 0 Å². The van der Waals surface area contributed by atoms with Crippen LogP contribution >= 0.6 is 0 Å². The molecule has 0 bridgehead atoms. The topological polar surface area (TPSA) is 74.3 Å². The van der Waals surface area contributed by atoms with Crippen LogP contribution in [0, 0.1) is 0 Å². The van der Waals surface area contributed by atoms with Gasteiger partial charge in [-0.25, -0.2) is 14.4 Å². The van der Waals surface area contributed by atoms with E-state index >= 15 is 0 Å². The molecule has 5 rings (SSSR count). The molecule has 3 heterocycles. The number of hydrogen-bond acceptors (Lipinski definition) is 7. The lowest BCUT2D eigenvalue weighted by Gasteiger charge is -2.43. The Labute approximate surface area is 200 Å². The molecule has 1 aliphatic carbocycles. The smallest absolute Gasteiger partial charge is 0.210 e. The Morgan fingerprint density at radius 2 is 1.85 bits per heavy atom. The number of hydrogen-bond donors (Lipinski definition) is 3. The number of allylic oxidation sites excluding steroid dienone is 2. The SMILES string of the molecule is CNC1=CC(c2ccc3ncnc(NC4CCC(N5C[C@@H](C)O[C@@H](C)C5)CC4)c3c2)=CNC1F. The van der Waals surface area contributed by atoms with Crippen molar-refractivity contribution in [2.24, 2.45) is 0 Å². The Hall–Kier alpha value is -2.71. The molecule has 34 heavy (non-hydrogen) atoms. The highest BCUT2D eigenvalue weighted by Gasteiger charge is 2.31. The molecular formula is C26H35FN6O. The average Bonchev–Trinajstić information content (AvgIpc) is 2.84. The number of benzene rings is 1. The molecule has 8 heteroatoms. The van der Waals surface area contributed by atoms with Gasteiger partial charge in [-0.1, -0.05) is 6.07 Å². The summed E-state index contributed by atoms with van der Waals surface area (Å²) in [6.45, 7) is 6.41. The second-order valence-corrected chi connectivity index (χ2v) is 9.79. The van der Waals surface area contributed by atoms with E-state index in [1.54, 1.807) is 19.6 Å². The summed E-state index contributed by atoms with van der Waals surface area (Å²) < 4.78 is 19.9. The molecule has 0 radical (unpaired) electrons. The maximum atomic E-state index is 14.0. The number of aromatic nitrogens is 2. The van der Waals surface area contributed by atoms with Crippen LogP contribution in [0.1, 0.15) is 45.1 Å². The average molecular weight is 467 g/mol. The minimum Gasteiger partial charge on any atom is -0.387 e. The third-order valence-electron chi connectivity index (χ3n) is 7.23. The minimum absolute atomic E-state index is 0.311. The minimum atomic E-state index is -1.21. The fourth-order valence-electron chi connectivity index (χ4n) is 5.55. The number of morpholine rings is 1. The molecule has 3 atom stereocenters. The number of halogens is 1. The predicted molar refractivity (Wildman–Crippen MR) is 134 cm³/mol. The van der Waals surface area contributed by atoms with Gasteiger partial charge in [0.05, 0.1) is 23.4 Å². The van der Waals surface area contributed by atoms with Gasteiger partial charge in [-0.2, -0.15) is 0 Å². The number of fused-ring (bicyclic) bond motifs is 1. The van der Waals surface area contributed by atoms with E-state index < -0.39 is 6.30 Å². The predicted octanol–water partition coefficient (Wildman–Crippen LogP) is 3.81. The van der Waals surface area contributed by atoms with Crippen LogP contribution in [-0.2, 0) is 4.74 Å². The number of likely N-dealkylation sites (N-methyl/N-ethyl adjacent to an activating group) is 1. The van der Waals surface area contributed by atoms with Gasteiger partial charge in [-0.05, 0) is 68.9 Å². The van der Waals surface area contributed by atoms with E-state index in [0.29, 0.717) is 30.0 Å². The van der Waals surface area contributed by atoms with Crippen LogP contribution in [0.15, 0.2) is 42.5 Å². The second kappa shape index (κ2) is 9.88.